The van der Waals surface area contributed by atoms with Crippen molar-refractivity contribution in [3.63, 3.8) is 0 Å². The van der Waals surface area contributed by atoms with E-state index in [1.165, 1.54) is 6.20 Å². The van der Waals surface area contributed by atoms with Crippen molar-refractivity contribution < 1.29 is 19.5 Å². The van der Waals surface area contributed by atoms with Crippen LogP contribution in [-0.2, 0) is 9.53 Å². The molecule has 0 saturated carbocycles. The predicted octanol–water partition coefficient (Wildman–Crippen LogP) is 1.81. The number of pyridine rings is 1. The van der Waals surface area contributed by atoms with Crippen molar-refractivity contribution >= 4 is 17.6 Å². The summed E-state index contributed by atoms with van der Waals surface area (Å²) in [7, 11) is 0. The van der Waals surface area contributed by atoms with E-state index in [9.17, 15) is 10.0 Å². The maximum absolute atomic E-state index is 11.4. The Labute approximate surface area is 131 Å². The Bertz CT molecular complexity index is 642. The Kier molecular flexibility index (Phi) is 5.16. The molecule has 0 unspecified atom stereocenters. The van der Waals surface area contributed by atoms with Gasteiger partial charge >= 0.3 is 12.0 Å². The molecule has 0 amide bonds. The van der Waals surface area contributed by atoms with Crippen molar-refractivity contribution in [3.8, 4) is 17.5 Å². The van der Waals surface area contributed by atoms with Crippen LogP contribution in [0.1, 0.15) is 13.8 Å². The lowest BCUT2D eigenvalue weighted by atomic mass is 10.2. The van der Waals surface area contributed by atoms with Gasteiger partial charge in [0.15, 0.2) is 6.61 Å². The van der Waals surface area contributed by atoms with E-state index in [4.69, 9.17) is 21.1 Å². The van der Waals surface area contributed by atoms with Crippen molar-refractivity contribution in [3.05, 3.63) is 23.4 Å². The minimum atomic E-state index is -0.533. The van der Waals surface area contributed by atoms with E-state index in [0.29, 0.717) is 22.2 Å². The lowest BCUT2D eigenvalue weighted by Crippen LogP contribution is -2.17. The number of rotatable bonds is 6. The lowest BCUT2D eigenvalue weighted by molar-refractivity contribution is -0.147. The van der Waals surface area contributed by atoms with Crippen LogP contribution in [-0.4, -0.2) is 44.3 Å². The molecule has 22 heavy (non-hydrogen) atoms. The molecule has 0 saturated heterocycles. The van der Waals surface area contributed by atoms with E-state index < -0.39 is 5.97 Å². The molecular weight excluding hydrogens is 312 g/mol. The topological polar surface area (TPSA) is 99.4 Å². The SMILES string of the molecule is CC(C)COC(=O)COc1nc(-c2ccc(Cl)cn2)n(O)n1. The van der Waals surface area contributed by atoms with Gasteiger partial charge in [0.1, 0.15) is 5.69 Å². The minimum absolute atomic E-state index is 0.0715. The van der Waals surface area contributed by atoms with Gasteiger partial charge in [-0.2, -0.15) is 4.98 Å². The molecule has 0 aliphatic rings. The van der Waals surface area contributed by atoms with Crippen LogP contribution in [0, 0.1) is 5.92 Å². The molecule has 2 rings (SSSR count). The molecule has 8 nitrogen and oxygen atoms in total. The number of ether oxygens (including phenoxy) is 2. The van der Waals surface area contributed by atoms with Gasteiger partial charge in [0.25, 0.3) is 0 Å². The zero-order chi connectivity index (χ0) is 16.1. The van der Waals surface area contributed by atoms with E-state index in [1.807, 2.05) is 13.8 Å². The third kappa shape index (κ3) is 4.32. The van der Waals surface area contributed by atoms with Crippen LogP contribution in [0.4, 0.5) is 0 Å². The predicted molar refractivity (Wildman–Crippen MR) is 76.7 cm³/mol. The van der Waals surface area contributed by atoms with Crippen LogP contribution in [0.2, 0.25) is 5.02 Å². The highest BCUT2D eigenvalue weighted by Gasteiger charge is 2.15. The molecular formula is C13H15ClN4O4. The summed E-state index contributed by atoms with van der Waals surface area (Å²) in [5.41, 5.74) is 0.358. The van der Waals surface area contributed by atoms with Gasteiger partial charge in [-0.05, 0) is 18.1 Å². The summed E-state index contributed by atoms with van der Waals surface area (Å²) in [6, 6.07) is 3.01. The van der Waals surface area contributed by atoms with Crippen LogP contribution in [0.5, 0.6) is 6.01 Å². The van der Waals surface area contributed by atoms with Crippen LogP contribution in [0.3, 0.4) is 0 Å². The van der Waals surface area contributed by atoms with Gasteiger partial charge in [-0.25, -0.2) is 4.79 Å². The molecule has 2 aromatic heterocycles. The highest BCUT2D eigenvalue weighted by molar-refractivity contribution is 6.30. The maximum Gasteiger partial charge on any atom is 0.344 e. The number of hydrogen-bond donors (Lipinski definition) is 1. The molecule has 0 aliphatic carbocycles. The number of nitrogens with zero attached hydrogens (tertiary/aromatic N) is 4. The molecule has 0 spiro atoms. The molecule has 0 bridgehead atoms. The molecule has 2 heterocycles. The first-order chi connectivity index (χ1) is 10.5. The standard InChI is InChI=1S/C13H15ClN4O4/c1-8(2)6-21-11(19)7-22-13-16-12(18(20)17-13)10-4-3-9(14)5-15-10/h3-5,8,20H,6-7H2,1-2H3. The van der Waals surface area contributed by atoms with E-state index in [0.717, 1.165) is 0 Å². The number of carbonyl (C=O) groups is 1. The highest BCUT2D eigenvalue weighted by Crippen LogP contribution is 2.18. The summed E-state index contributed by atoms with van der Waals surface area (Å²) in [6.45, 7) is 3.82. The number of carbonyl (C=O) groups excluding carboxylic acids is 1. The number of esters is 1. The molecule has 0 radical (unpaired) electrons. The fourth-order valence-electron chi connectivity index (χ4n) is 1.44. The molecule has 0 atom stereocenters. The first kappa shape index (κ1) is 16.0. The summed E-state index contributed by atoms with van der Waals surface area (Å²) in [6.07, 6.45) is 1.41. The van der Waals surface area contributed by atoms with E-state index in [-0.39, 0.29) is 24.4 Å². The average Bonchev–Trinajstić information content (AvgIpc) is 2.85. The monoisotopic (exact) mass is 326 g/mol. The quantitative estimate of drug-likeness (QED) is 0.638. The summed E-state index contributed by atoms with van der Waals surface area (Å²) in [5.74, 6) is -0.224. The summed E-state index contributed by atoms with van der Waals surface area (Å²) in [5, 5.41) is 13.8. The van der Waals surface area contributed by atoms with E-state index in [1.54, 1.807) is 12.1 Å². The van der Waals surface area contributed by atoms with Gasteiger partial charge in [0.2, 0.25) is 5.82 Å². The second kappa shape index (κ2) is 7.08. The van der Waals surface area contributed by atoms with Crippen LogP contribution >= 0.6 is 11.6 Å². The zero-order valence-electron chi connectivity index (χ0n) is 12.1. The van der Waals surface area contributed by atoms with Crippen molar-refractivity contribution in [2.75, 3.05) is 13.2 Å². The lowest BCUT2D eigenvalue weighted by Gasteiger charge is -2.06. The maximum atomic E-state index is 11.4. The van der Waals surface area contributed by atoms with Gasteiger partial charge in [-0.3, -0.25) is 4.98 Å². The Morgan fingerprint density at radius 1 is 1.45 bits per heavy atom. The Hall–Kier alpha value is -2.35. The van der Waals surface area contributed by atoms with E-state index >= 15 is 0 Å². The second-order valence-corrected chi connectivity index (χ2v) is 5.27. The van der Waals surface area contributed by atoms with Crippen LogP contribution in [0.15, 0.2) is 18.3 Å². The van der Waals surface area contributed by atoms with Crippen molar-refractivity contribution in [2.45, 2.75) is 13.8 Å². The van der Waals surface area contributed by atoms with E-state index in [2.05, 4.69) is 15.1 Å². The molecule has 1 N–H and O–H groups in total. The Morgan fingerprint density at radius 3 is 2.86 bits per heavy atom. The molecule has 0 aromatic carbocycles. The first-order valence-corrected chi connectivity index (χ1v) is 6.90. The van der Waals surface area contributed by atoms with Crippen molar-refractivity contribution in [1.29, 1.82) is 0 Å². The Balaban J connectivity index is 1.98. The summed E-state index contributed by atoms with van der Waals surface area (Å²) >= 11 is 5.74. The third-order valence-electron chi connectivity index (χ3n) is 2.42. The summed E-state index contributed by atoms with van der Waals surface area (Å²) in [4.78, 5) is 19.9. The van der Waals surface area contributed by atoms with Crippen LogP contribution < -0.4 is 4.74 Å². The molecule has 9 heteroatoms. The van der Waals surface area contributed by atoms with Gasteiger partial charge in [0, 0.05) is 6.20 Å². The normalized spacial score (nSPS) is 10.7. The third-order valence-corrected chi connectivity index (χ3v) is 2.65. The average molecular weight is 327 g/mol. The van der Waals surface area contributed by atoms with Crippen LogP contribution in [0.25, 0.3) is 11.5 Å². The van der Waals surface area contributed by atoms with Gasteiger partial charge < -0.3 is 14.7 Å². The zero-order valence-corrected chi connectivity index (χ0v) is 12.8. The fraction of sp³-hybridized carbons (Fsp3) is 0.385. The van der Waals surface area contributed by atoms with Crippen molar-refractivity contribution in [1.82, 2.24) is 19.9 Å². The number of hydrogen-bond acceptors (Lipinski definition) is 7. The fourth-order valence-corrected chi connectivity index (χ4v) is 1.55. The number of halogens is 1. The highest BCUT2D eigenvalue weighted by atomic mass is 35.5. The largest absolute Gasteiger partial charge is 0.463 e. The number of aromatic nitrogens is 4. The smallest absolute Gasteiger partial charge is 0.344 e. The van der Waals surface area contributed by atoms with Gasteiger partial charge in [-0.15, -0.1) is 0 Å². The minimum Gasteiger partial charge on any atom is -0.463 e. The second-order valence-electron chi connectivity index (χ2n) is 4.83. The Morgan fingerprint density at radius 2 is 2.23 bits per heavy atom. The molecule has 0 fully saturated rings. The molecule has 2 aromatic rings. The van der Waals surface area contributed by atoms with Gasteiger partial charge in [0.05, 0.1) is 11.6 Å². The summed E-state index contributed by atoms with van der Waals surface area (Å²) < 4.78 is 10.0. The van der Waals surface area contributed by atoms with Gasteiger partial charge in [-0.1, -0.05) is 35.4 Å². The molecule has 0 aliphatic heterocycles. The molecule has 118 valence electrons. The van der Waals surface area contributed by atoms with Crippen molar-refractivity contribution in [2.24, 2.45) is 5.92 Å². The first-order valence-electron chi connectivity index (χ1n) is 6.52.